The Labute approximate surface area is 66.3 Å². The number of rotatable bonds is 1. The minimum Gasteiger partial charge on any atom is -0.178 e. The van der Waals surface area contributed by atoms with Gasteiger partial charge in [0.1, 0.15) is 0 Å². The third-order valence-corrected chi connectivity index (χ3v) is 1.28. The van der Waals surface area contributed by atoms with Crippen LogP contribution < -0.4 is 0 Å². The summed E-state index contributed by atoms with van der Waals surface area (Å²) in [7, 11) is -2.87. The maximum absolute atomic E-state index is 8.70. The van der Waals surface area contributed by atoms with Crippen LogP contribution in [0, 0.1) is 0 Å². The van der Waals surface area contributed by atoms with Crippen molar-refractivity contribution in [2.75, 3.05) is 5.75 Å². The van der Waals surface area contributed by atoms with Crippen LogP contribution in [-0.4, -0.2) is 20.8 Å². The molecule has 0 fully saturated rings. The van der Waals surface area contributed by atoms with Gasteiger partial charge < -0.3 is 0 Å². The van der Waals surface area contributed by atoms with E-state index in [-0.39, 0.29) is 0 Å². The third-order valence-electron chi connectivity index (χ3n) is 0.264. The molecule has 1 unspecified atom stereocenters. The van der Waals surface area contributed by atoms with Crippen LogP contribution in [0.15, 0.2) is 0 Å². The summed E-state index contributed by atoms with van der Waals surface area (Å²) >= 11 is 7.96. The number of thiol groups is 2. The molecule has 9 heavy (non-hydrogen) atoms. The van der Waals surface area contributed by atoms with Crippen LogP contribution in [0.25, 0.3) is 0 Å². The maximum Gasteiger partial charge on any atom is 0.692 e. The fraction of sp³-hybridized carbons (Fsp3) is 1.00. The van der Waals surface area contributed by atoms with E-state index in [2.05, 4.69) is 25.3 Å². The second-order valence-electron chi connectivity index (χ2n) is 1.28. The van der Waals surface area contributed by atoms with Crippen LogP contribution in [-0.2, 0) is 4.57 Å². The van der Waals surface area contributed by atoms with E-state index >= 15 is 0 Å². The summed E-state index contributed by atoms with van der Waals surface area (Å²) in [5.74, 6) is 0.864. The first-order valence-electron chi connectivity index (χ1n) is 2.14. The van der Waals surface area contributed by atoms with Crippen molar-refractivity contribution in [3.8, 4) is 0 Å². The van der Waals surface area contributed by atoms with Gasteiger partial charge in [0.2, 0.25) is 0 Å². The highest BCUT2D eigenvalue weighted by molar-refractivity contribution is 7.84. The highest BCUT2D eigenvalue weighted by Crippen LogP contribution is 1.98. The smallest absolute Gasteiger partial charge is 0.178 e. The van der Waals surface area contributed by atoms with Gasteiger partial charge in [-0.15, -0.1) is 9.79 Å². The molecule has 1 atom stereocenters. The lowest BCUT2D eigenvalue weighted by atomic mass is 10.6. The van der Waals surface area contributed by atoms with E-state index < -0.39 is 8.25 Å². The van der Waals surface area contributed by atoms with Crippen LogP contribution in [0.4, 0.5) is 0 Å². The number of hydrogen-bond acceptors (Lipinski definition) is 3. The monoisotopic (exact) mass is 189 g/mol. The second kappa shape index (κ2) is 8.72. The van der Waals surface area contributed by atoms with Gasteiger partial charge in [-0.1, -0.05) is 6.92 Å². The molecule has 0 rings (SSSR count). The van der Waals surface area contributed by atoms with Crippen molar-refractivity contribution in [3.63, 3.8) is 0 Å². The van der Waals surface area contributed by atoms with E-state index in [0.717, 1.165) is 5.75 Å². The van der Waals surface area contributed by atoms with E-state index in [9.17, 15) is 0 Å². The van der Waals surface area contributed by atoms with E-state index in [0.29, 0.717) is 5.25 Å². The minimum atomic E-state index is -2.87. The zero-order valence-electron chi connectivity index (χ0n) is 4.93. The van der Waals surface area contributed by atoms with Gasteiger partial charge in [0.15, 0.2) is 0 Å². The Kier molecular flexibility index (Phi) is 12.0. The molecule has 0 aliphatic rings. The van der Waals surface area contributed by atoms with Crippen LogP contribution in [0.5, 0.6) is 0 Å². The highest BCUT2D eigenvalue weighted by atomic mass is 32.1. The fourth-order valence-corrected chi connectivity index (χ4v) is 0. The summed E-state index contributed by atoms with van der Waals surface area (Å²) in [4.78, 5) is 14.2. The van der Waals surface area contributed by atoms with Crippen molar-refractivity contribution in [3.05, 3.63) is 0 Å². The van der Waals surface area contributed by atoms with Crippen LogP contribution in [0.2, 0.25) is 0 Å². The molecule has 3 nitrogen and oxygen atoms in total. The molecule has 0 aromatic carbocycles. The molecule has 0 aromatic rings. The quantitative estimate of drug-likeness (QED) is 0.365. The summed E-state index contributed by atoms with van der Waals surface area (Å²) in [5, 5.41) is 0.443. The van der Waals surface area contributed by atoms with Crippen molar-refractivity contribution in [1.29, 1.82) is 0 Å². The Balaban J connectivity index is 0. The van der Waals surface area contributed by atoms with Gasteiger partial charge in [0, 0.05) is 15.6 Å². The summed E-state index contributed by atoms with van der Waals surface area (Å²) in [6.45, 7) is 2.01. The normalized spacial score (nSPS) is 11.2. The molecular weight excluding hydrogens is 179 g/mol. The average molecular weight is 189 g/mol. The minimum absolute atomic E-state index is 0.443. The topological polar surface area (TPSA) is 57.5 Å². The summed E-state index contributed by atoms with van der Waals surface area (Å²) < 4.78 is 8.70. The van der Waals surface area contributed by atoms with Gasteiger partial charge in [-0.25, -0.2) is 0 Å². The lowest BCUT2D eigenvalue weighted by Crippen LogP contribution is -1.88. The zero-order valence-corrected chi connectivity index (χ0v) is 7.61. The van der Waals surface area contributed by atoms with Gasteiger partial charge in [-0.2, -0.15) is 25.3 Å². The van der Waals surface area contributed by atoms with Crippen molar-refractivity contribution in [2.45, 2.75) is 12.2 Å². The first-order chi connectivity index (χ1) is 4.00. The van der Waals surface area contributed by atoms with Crippen molar-refractivity contribution in [1.82, 2.24) is 0 Å². The lowest BCUT2D eigenvalue weighted by Gasteiger charge is -1.89. The van der Waals surface area contributed by atoms with Crippen molar-refractivity contribution in [2.24, 2.45) is 0 Å². The van der Waals surface area contributed by atoms with E-state index in [1.54, 1.807) is 0 Å². The third kappa shape index (κ3) is 53.2. The van der Waals surface area contributed by atoms with Crippen molar-refractivity contribution >= 4 is 33.5 Å². The second-order valence-corrected chi connectivity index (χ2v) is 3.04. The van der Waals surface area contributed by atoms with Gasteiger partial charge >= 0.3 is 8.25 Å². The molecule has 0 saturated heterocycles. The summed E-state index contributed by atoms with van der Waals surface area (Å²) in [6.07, 6.45) is 0. The predicted octanol–water partition coefficient (Wildman–Crippen LogP) is 0.863. The molecule has 0 spiro atoms. The van der Waals surface area contributed by atoms with Crippen LogP contribution >= 0.6 is 33.5 Å². The first-order valence-corrected chi connectivity index (χ1v) is 4.46. The Morgan fingerprint density at radius 2 is 1.78 bits per heavy atom. The van der Waals surface area contributed by atoms with Gasteiger partial charge in [-0.05, 0) is 0 Å². The van der Waals surface area contributed by atoms with Crippen LogP contribution in [0.3, 0.4) is 0 Å². The van der Waals surface area contributed by atoms with Crippen LogP contribution in [0.1, 0.15) is 6.92 Å². The molecule has 0 saturated carbocycles. The van der Waals surface area contributed by atoms with Gasteiger partial charge in [0.05, 0.1) is 0 Å². The fourth-order valence-electron chi connectivity index (χ4n) is 0. The molecule has 6 heteroatoms. The zero-order chi connectivity index (χ0) is 7.86. The summed E-state index contributed by atoms with van der Waals surface area (Å²) in [5.41, 5.74) is 0. The van der Waals surface area contributed by atoms with E-state index in [1.807, 2.05) is 6.92 Å². The summed E-state index contributed by atoms with van der Waals surface area (Å²) in [6, 6.07) is 0. The molecule has 0 heterocycles. The highest BCUT2D eigenvalue weighted by Gasteiger charge is 1.93. The average Bonchev–Trinajstić information content (AvgIpc) is 1.65. The molecular formula is C3H10O3PS2+. The molecule has 0 aliphatic carbocycles. The Morgan fingerprint density at radius 3 is 1.78 bits per heavy atom. The SMILES string of the molecule is CC(S)CS.O=[P+](O)O. The van der Waals surface area contributed by atoms with Gasteiger partial charge in [-0.3, -0.25) is 0 Å². The molecule has 0 aliphatic heterocycles. The maximum atomic E-state index is 8.70. The first kappa shape index (κ1) is 12.4. The van der Waals surface area contributed by atoms with Gasteiger partial charge in [0.25, 0.3) is 0 Å². The largest absolute Gasteiger partial charge is 0.692 e. The molecule has 0 aromatic heterocycles. The Hall–Kier alpha value is 0.720. The predicted molar refractivity (Wildman–Crippen MR) is 44.3 cm³/mol. The molecule has 0 bridgehead atoms. The van der Waals surface area contributed by atoms with E-state index in [4.69, 9.17) is 14.4 Å². The Bertz CT molecular complexity index is 73.5. The molecule has 0 amide bonds. The Morgan fingerprint density at radius 1 is 1.67 bits per heavy atom. The van der Waals surface area contributed by atoms with E-state index in [1.165, 1.54) is 0 Å². The molecule has 0 radical (unpaired) electrons. The molecule has 2 N–H and O–H groups in total. The standard InChI is InChI=1S/C3H8S2.HO3P/c1-3(5)2-4;1-4(2)3/h3-5H,2H2,1H3;(H-,1,2,3)/p+1. The number of hydrogen-bond donors (Lipinski definition) is 4. The van der Waals surface area contributed by atoms with Crippen molar-refractivity contribution < 1.29 is 14.4 Å². The molecule has 56 valence electrons. The lowest BCUT2D eigenvalue weighted by molar-refractivity contribution is 0.405.